The average Bonchev–Trinajstić information content (AvgIpc) is 2.97. The second kappa shape index (κ2) is 7.08. The molecule has 8 heteroatoms. The Kier molecular flexibility index (Phi) is 4.57. The number of anilines is 2. The molecule has 29 heavy (non-hydrogen) atoms. The number of allylic oxidation sites excluding steroid dienone is 1. The number of fused-ring (bicyclic) bond motifs is 2. The van der Waals surface area contributed by atoms with Gasteiger partial charge in [0.2, 0.25) is 0 Å². The van der Waals surface area contributed by atoms with Crippen molar-refractivity contribution in [1.29, 1.82) is 5.26 Å². The van der Waals surface area contributed by atoms with E-state index in [1.54, 1.807) is 36.0 Å². The Morgan fingerprint density at radius 2 is 1.79 bits per heavy atom. The van der Waals surface area contributed by atoms with Gasteiger partial charge in [0.25, 0.3) is 5.56 Å². The zero-order chi connectivity index (χ0) is 20.7. The summed E-state index contributed by atoms with van der Waals surface area (Å²) < 4.78 is 1.20. The zero-order valence-electron chi connectivity index (χ0n) is 15.8. The maximum Gasteiger partial charge on any atom is 0.261 e. The summed E-state index contributed by atoms with van der Waals surface area (Å²) in [4.78, 5) is 33.5. The number of Topliss-reactive ketones (excluding diaryl/α,β-unsaturated/α-hetero) is 1. The lowest BCUT2D eigenvalue weighted by atomic mass is 10.1. The minimum atomic E-state index is -0.473. The molecule has 4 rings (SSSR count). The molecule has 0 bridgehead atoms. The van der Waals surface area contributed by atoms with Crippen LogP contribution in [0, 0.1) is 11.3 Å². The molecule has 1 aliphatic heterocycles. The summed E-state index contributed by atoms with van der Waals surface area (Å²) in [5, 5.41) is 10.5. The Labute approximate surface area is 171 Å². The molecular formula is C21H16ClN5O2. The summed E-state index contributed by atoms with van der Waals surface area (Å²) in [6.45, 7) is -0.293. The van der Waals surface area contributed by atoms with E-state index < -0.39 is 5.78 Å². The molecule has 3 aromatic rings. The lowest BCUT2D eigenvalue weighted by Gasteiger charge is -2.20. The minimum Gasteiger partial charge on any atom is -0.328 e. The monoisotopic (exact) mass is 405 g/mol. The third-order valence-corrected chi connectivity index (χ3v) is 5.19. The fourth-order valence-electron chi connectivity index (χ4n) is 3.53. The van der Waals surface area contributed by atoms with Crippen molar-refractivity contribution < 1.29 is 4.79 Å². The summed E-state index contributed by atoms with van der Waals surface area (Å²) in [5.74, 6) is 0.00262. The van der Waals surface area contributed by atoms with Crippen molar-refractivity contribution in [1.82, 2.24) is 9.55 Å². The van der Waals surface area contributed by atoms with Crippen molar-refractivity contribution in [2.45, 2.75) is 6.54 Å². The number of carbonyl (C=O) groups excluding carboxylic acids is 1. The van der Waals surface area contributed by atoms with Gasteiger partial charge in [-0.2, -0.15) is 5.26 Å². The normalized spacial score (nSPS) is 12.8. The zero-order valence-corrected chi connectivity index (χ0v) is 16.5. The van der Waals surface area contributed by atoms with Crippen molar-refractivity contribution in [3.63, 3.8) is 0 Å². The van der Waals surface area contributed by atoms with Gasteiger partial charge in [-0.05, 0) is 30.3 Å². The molecule has 0 spiro atoms. The number of nitrogens with zero attached hydrogens (tertiary/aromatic N) is 5. The van der Waals surface area contributed by atoms with E-state index in [9.17, 15) is 14.9 Å². The second-order valence-electron chi connectivity index (χ2n) is 6.68. The lowest BCUT2D eigenvalue weighted by molar-refractivity contribution is -0.115. The maximum absolute atomic E-state index is 13.0. The molecule has 0 amide bonds. The first-order valence-electron chi connectivity index (χ1n) is 8.81. The first-order valence-corrected chi connectivity index (χ1v) is 9.19. The first-order chi connectivity index (χ1) is 13.9. The van der Waals surface area contributed by atoms with Crippen LogP contribution in [-0.2, 0) is 11.3 Å². The number of ketones is 1. The van der Waals surface area contributed by atoms with Crippen LogP contribution >= 0.6 is 11.6 Å². The van der Waals surface area contributed by atoms with Gasteiger partial charge in [0.05, 0.1) is 35.1 Å². The molecule has 0 saturated heterocycles. The van der Waals surface area contributed by atoms with E-state index in [1.807, 2.05) is 30.3 Å². The molecule has 0 unspecified atom stereocenters. The van der Waals surface area contributed by atoms with Gasteiger partial charge in [-0.25, -0.2) is 4.98 Å². The number of nitriles is 1. The summed E-state index contributed by atoms with van der Waals surface area (Å²) in [6, 6.07) is 14.4. The van der Waals surface area contributed by atoms with Crippen molar-refractivity contribution in [3.05, 3.63) is 75.6 Å². The minimum absolute atomic E-state index is 0.0238. The molecule has 0 saturated carbocycles. The number of rotatable bonds is 3. The summed E-state index contributed by atoms with van der Waals surface area (Å²) in [5.41, 5.74) is 1.87. The standard InChI is InChI=1S/C21H16ClN5O2/c1-25-17-5-3-4-6-18(17)26(2)20(25)15(10-23)19(28)11-27-12-24-16-8-7-13(22)9-14(16)21(27)29/h3-9,12H,11H2,1-2H3. The van der Waals surface area contributed by atoms with Gasteiger partial charge in [0, 0.05) is 19.1 Å². The molecule has 0 radical (unpaired) electrons. The number of hydrogen-bond acceptors (Lipinski definition) is 6. The Morgan fingerprint density at radius 1 is 1.14 bits per heavy atom. The van der Waals surface area contributed by atoms with Gasteiger partial charge in [0.1, 0.15) is 17.5 Å². The highest BCUT2D eigenvalue weighted by molar-refractivity contribution is 6.31. The quantitative estimate of drug-likeness (QED) is 0.492. The Hall–Kier alpha value is -3.63. The average molecular weight is 406 g/mol. The highest BCUT2D eigenvalue weighted by atomic mass is 35.5. The van der Waals surface area contributed by atoms with Crippen molar-refractivity contribution >= 4 is 39.7 Å². The molecule has 1 aromatic heterocycles. The first kappa shape index (κ1) is 18.7. The molecule has 0 fully saturated rings. The van der Waals surface area contributed by atoms with Gasteiger partial charge in [0.15, 0.2) is 5.78 Å². The fourth-order valence-corrected chi connectivity index (χ4v) is 3.71. The summed E-state index contributed by atoms with van der Waals surface area (Å²) in [6.07, 6.45) is 1.31. The molecular weight excluding hydrogens is 390 g/mol. The fraction of sp³-hybridized carbons (Fsp3) is 0.143. The van der Waals surface area contributed by atoms with E-state index in [-0.39, 0.29) is 17.7 Å². The Balaban J connectivity index is 1.74. The highest BCUT2D eigenvalue weighted by Crippen LogP contribution is 2.40. The van der Waals surface area contributed by atoms with E-state index in [1.165, 1.54) is 17.0 Å². The van der Waals surface area contributed by atoms with E-state index in [2.05, 4.69) is 4.98 Å². The van der Waals surface area contributed by atoms with E-state index >= 15 is 0 Å². The van der Waals surface area contributed by atoms with E-state index in [4.69, 9.17) is 11.6 Å². The van der Waals surface area contributed by atoms with Crippen molar-refractivity contribution in [2.75, 3.05) is 23.9 Å². The number of para-hydroxylation sites is 2. The Morgan fingerprint density at radius 3 is 2.41 bits per heavy atom. The van der Waals surface area contributed by atoms with Gasteiger partial charge < -0.3 is 9.80 Å². The van der Waals surface area contributed by atoms with Gasteiger partial charge in [-0.1, -0.05) is 23.7 Å². The number of benzene rings is 2. The number of halogens is 1. The highest BCUT2D eigenvalue weighted by Gasteiger charge is 2.31. The number of aromatic nitrogens is 2. The SMILES string of the molecule is CN1C(=C(C#N)C(=O)Cn2cnc3ccc(Cl)cc3c2=O)N(C)c2ccccc21. The van der Waals surface area contributed by atoms with Gasteiger partial charge in [-0.3, -0.25) is 14.2 Å². The molecule has 1 aliphatic rings. The van der Waals surface area contributed by atoms with Crippen LogP contribution in [0.2, 0.25) is 5.02 Å². The third kappa shape index (κ3) is 3.04. The van der Waals surface area contributed by atoms with E-state index in [0.29, 0.717) is 21.7 Å². The molecule has 0 aliphatic carbocycles. The van der Waals surface area contributed by atoms with Crippen LogP contribution in [0.15, 0.2) is 65.0 Å². The summed E-state index contributed by atoms with van der Waals surface area (Å²) in [7, 11) is 3.60. The molecule has 0 N–H and O–H groups in total. The largest absolute Gasteiger partial charge is 0.328 e. The number of carbonyl (C=O) groups is 1. The molecule has 0 atom stereocenters. The Bertz CT molecular complexity index is 1260. The number of hydrogen-bond donors (Lipinski definition) is 0. The van der Waals surface area contributed by atoms with Crippen LogP contribution in [0.4, 0.5) is 11.4 Å². The van der Waals surface area contributed by atoms with Crippen LogP contribution in [0.25, 0.3) is 10.9 Å². The smallest absolute Gasteiger partial charge is 0.261 e. The second-order valence-corrected chi connectivity index (χ2v) is 7.12. The topological polar surface area (TPSA) is 82.2 Å². The van der Waals surface area contributed by atoms with Gasteiger partial charge in [-0.15, -0.1) is 0 Å². The van der Waals surface area contributed by atoms with Crippen molar-refractivity contribution in [3.8, 4) is 6.07 Å². The predicted molar refractivity (Wildman–Crippen MR) is 112 cm³/mol. The van der Waals surface area contributed by atoms with Crippen LogP contribution in [-0.4, -0.2) is 29.4 Å². The molecule has 2 aromatic carbocycles. The molecule has 7 nitrogen and oxygen atoms in total. The van der Waals surface area contributed by atoms with E-state index in [0.717, 1.165) is 11.4 Å². The maximum atomic E-state index is 13.0. The van der Waals surface area contributed by atoms with Crippen LogP contribution in [0.5, 0.6) is 0 Å². The lowest BCUT2D eigenvalue weighted by Crippen LogP contribution is -2.30. The van der Waals surface area contributed by atoms with Crippen LogP contribution in [0.3, 0.4) is 0 Å². The van der Waals surface area contributed by atoms with Crippen LogP contribution in [0.1, 0.15) is 0 Å². The van der Waals surface area contributed by atoms with Crippen LogP contribution < -0.4 is 15.4 Å². The summed E-state index contributed by atoms with van der Waals surface area (Å²) >= 11 is 5.98. The third-order valence-electron chi connectivity index (χ3n) is 4.95. The molecule has 2 heterocycles. The predicted octanol–water partition coefficient (Wildman–Crippen LogP) is 2.94. The van der Waals surface area contributed by atoms with Crippen molar-refractivity contribution in [2.24, 2.45) is 0 Å². The molecule has 144 valence electrons. The van der Waals surface area contributed by atoms with Gasteiger partial charge >= 0.3 is 0 Å².